The van der Waals surface area contributed by atoms with Crippen LogP contribution in [-0.2, 0) is 16.6 Å². The van der Waals surface area contributed by atoms with Crippen LogP contribution in [0, 0.1) is 0 Å². The van der Waals surface area contributed by atoms with Crippen LogP contribution in [0.5, 0.6) is 5.75 Å². The Morgan fingerprint density at radius 1 is 1.42 bits per heavy atom. The van der Waals surface area contributed by atoms with Crippen molar-refractivity contribution in [3.63, 3.8) is 0 Å². The molecule has 0 aliphatic rings. The molecule has 0 aliphatic carbocycles. The highest BCUT2D eigenvalue weighted by molar-refractivity contribution is 7.89. The van der Waals surface area contributed by atoms with Crippen LogP contribution in [0.15, 0.2) is 39.9 Å². The molecule has 7 nitrogen and oxygen atoms in total. The number of hydrogen-bond acceptors (Lipinski definition) is 6. The molecule has 1 aromatic heterocycles. The molecule has 19 heavy (non-hydrogen) atoms. The molecular formula is C11H13N3O4S. The standard InChI is InChI=1S/C11H13N3O4S/c1-17-10-6-8(12)2-3-11(10)19(15,16)14-7-9-4-5-13-18-9/h2-6,14H,7,12H2,1H3. The maximum Gasteiger partial charge on any atom is 0.244 e. The first kappa shape index (κ1) is 13.4. The van der Waals surface area contributed by atoms with Crippen LogP contribution >= 0.6 is 0 Å². The van der Waals surface area contributed by atoms with Crippen LogP contribution in [0.25, 0.3) is 0 Å². The molecule has 0 aliphatic heterocycles. The zero-order valence-electron chi connectivity index (χ0n) is 10.2. The van der Waals surface area contributed by atoms with Crippen molar-refractivity contribution >= 4 is 15.7 Å². The van der Waals surface area contributed by atoms with Gasteiger partial charge in [0, 0.05) is 17.8 Å². The summed E-state index contributed by atoms with van der Waals surface area (Å²) < 4.78 is 36.5. The van der Waals surface area contributed by atoms with E-state index in [0.717, 1.165) is 0 Å². The molecular weight excluding hydrogens is 270 g/mol. The van der Waals surface area contributed by atoms with Crippen molar-refractivity contribution in [3.8, 4) is 5.75 Å². The fourth-order valence-corrected chi connectivity index (χ4v) is 2.63. The number of benzene rings is 1. The lowest BCUT2D eigenvalue weighted by molar-refractivity contribution is 0.380. The lowest BCUT2D eigenvalue weighted by atomic mass is 10.3. The van der Waals surface area contributed by atoms with Gasteiger partial charge >= 0.3 is 0 Å². The van der Waals surface area contributed by atoms with E-state index in [-0.39, 0.29) is 17.2 Å². The molecule has 0 saturated heterocycles. The van der Waals surface area contributed by atoms with E-state index in [2.05, 4.69) is 9.88 Å². The van der Waals surface area contributed by atoms with Crippen molar-refractivity contribution in [1.82, 2.24) is 9.88 Å². The molecule has 1 heterocycles. The highest BCUT2D eigenvalue weighted by Gasteiger charge is 2.19. The molecule has 2 rings (SSSR count). The van der Waals surface area contributed by atoms with Crippen LogP contribution in [0.3, 0.4) is 0 Å². The molecule has 3 N–H and O–H groups in total. The quantitative estimate of drug-likeness (QED) is 0.784. The van der Waals surface area contributed by atoms with Crippen molar-refractivity contribution in [2.75, 3.05) is 12.8 Å². The molecule has 0 spiro atoms. The third-order valence-corrected chi connectivity index (χ3v) is 3.85. The van der Waals surface area contributed by atoms with E-state index in [1.54, 1.807) is 6.07 Å². The monoisotopic (exact) mass is 283 g/mol. The number of methoxy groups -OCH3 is 1. The molecule has 0 radical (unpaired) electrons. The number of nitrogens with two attached hydrogens (primary N) is 1. The normalized spacial score (nSPS) is 11.4. The summed E-state index contributed by atoms with van der Waals surface area (Å²) in [5.41, 5.74) is 6.00. The molecule has 0 fully saturated rings. The number of nitrogens with one attached hydrogen (secondary N) is 1. The average molecular weight is 283 g/mol. The Bertz CT molecular complexity index is 653. The number of rotatable bonds is 5. The molecule has 0 amide bonds. The van der Waals surface area contributed by atoms with Gasteiger partial charge in [-0.15, -0.1) is 0 Å². The summed E-state index contributed by atoms with van der Waals surface area (Å²) in [4.78, 5) is 0.0173. The average Bonchev–Trinajstić information content (AvgIpc) is 2.89. The van der Waals surface area contributed by atoms with Gasteiger partial charge in [-0.3, -0.25) is 0 Å². The smallest absolute Gasteiger partial charge is 0.244 e. The van der Waals surface area contributed by atoms with E-state index >= 15 is 0 Å². The third kappa shape index (κ3) is 3.04. The van der Waals surface area contributed by atoms with E-state index in [4.69, 9.17) is 15.0 Å². The summed E-state index contributed by atoms with van der Waals surface area (Å²) in [6.07, 6.45) is 1.44. The minimum atomic E-state index is -3.71. The Hall–Kier alpha value is -2.06. The SMILES string of the molecule is COc1cc(N)ccc1S(=O)(=O)NCc1ccno1. The highest BCUT2D eigenvalue weighted by Crippen LogP contribution is 2.25. The third-order valence-electron chi connectivity index (χ3n) is 2.40. The molecule has 0 bridgehead atoms. The lowest BCUT2D eigenvalue weighted by Gasteiger charge is -2.10. The van der Waals surface area contributed by atoms with Crippen molar-refractivity contribution < 1.29 is 17.7 Å². The Kier molecular flexibility index (Phi) is 3.72. The molecule has 2 aromatic rings. The second-order valence-electron chi connectivity index (χ2n) is 3.71. The van der Waals surface area contributed by atoms with Gasteiger partial charge in [0.15, 0.2) is 5.76 Å². The molecule has 8 heteroatoms. The predicted molar refractivity (Wildman–Crippen MR) is 67.9 cm³/mol. The number of nitrogen functional groups attached to an aromatic ring is 1. The fraction of sp³-hybridized carbons (Fsp3) is 0.182. The summed E-state index contributed by atoms with van der Waals surface area (Å²) in [5, 5.41) is 3.49. The zero-order valence-corrected chi connectivity index (χ0v) is 11.0. The number of nitrogens with zero attached hydrogens (tertiary/aromatic N) is 1. The van der Waals surface area contributed by atoms with E-state index in [0.29, 0.717) is 11.4 Å². The summed E-state index contributed by atoms with van der Waals surface area (Å²) in [6.45, 7) is 0.00979. The van der Waals surface area contributed by atoms with E-state index in [9.17, 15) is 8.42 Å². The van der Waals surface area contributed by atoms with E-state index in [1.807, 2.05) is 0 Å². The lowest BCUT2D eigenvalue weighted by Crippen LogP contribution is -2.23. The van der Waals surface area contributed by atoms with Crippen LogP contribution in [0.2, 0.25) is 0 Å². The summed E-state index contributed by atoms with van der Waals surface area (Å²) in [6, 6.07) is 5.90. The van der Waals surface area contributed by atoms with Crippen molar-refractivity contribution in [2.45, 2.75) is 11.4 Å². The topological polar surface area (TPSA) is 107 Å². The van der Waals surface area contributed by atoms with Crippen molar-refractivity contribution in [2.24, 2.45) is 0 Å². The largest absolute Gasteiger partial charge is 0.495 e. The summed E-state index contributed by atoms with van der Waals surface area (Å²) in [5.74, 6) is 0.600. The Morgan fingerprint density at radius 3 is 2.84 bits per heavy atom. The minimum absolute atomic E-state index is 0.00979. The van der Waals surface area contributed by atoms with E-state index < -0.39 is 10.0 Å². The van der Waals surface area contributed by atoms with Crippen LogP contribution in [-0.4, -0.2) is 20.7 Å². The van der Waals surface area contributed by atoms with Gasteiger partial charge in [-0.2, -0.15) is 0 Å². The van der Waals surface area contributed by atoms with Crippen LogP contribution < -0.4 is 15.2 Å². The van der Waals surface area contributed by atoms with Gasteiger partial charge in [-0.1, -0.05) is 5.16 Å². The number of ether oxygens (including phenoxy) is 1. The fourth-order valence-electron chi connectivity index (χ4n) is 1.48. The highest BCUT2D eigenvalue weighted by atomic mass is 32.2. The van der Waals surface area contributed by atoms with Gasteiger partial charge in [0.1, 0.15) is 10.6 Å². The number of aromatic nitrogens is 1. The van der Waals surface area contributed by atoms with Gasteiger partial charge in [0.25, 0.3) is 0 Å². The summed E-state index contributed by atoms with van der Waals surface area (Å²) >= 11 is 0. The Balaban J connectivity index is 2.24. The Morgan fingerprint density at radius 2 is 2.21 bits per heavy atom. The minimum Gasteiger partial charge on any atom is -0.495 e. The van der Waals surface area contributed by atoms with Gasteiger partial charge in [-0.25, -0.2) is 13.1 Å². The maximum atomic E-state index is 12.1. The first-order valence-electron chi connectivity index (χ1n) is 5.35. The molecule has 1 aromatic carbocycles. The maximum absolute atomic E-state index is 12.1. The van der Waals surface area contributed by atoms with E-state index in [1.165, 1.54) is 31.5 Å². The number of anilines is 1. The van der Waals surface area contributed by atoms with Crippen LogP contribution in [0.4, 0.5) is 5.69 Å². The zero-order chi connectivity index (χ0) is 13.9. The molecule has 102 valence electrons. The first-order valence-corrected chi connectivity index (χ1v) is 6.84. The summed E-state index contributed by atoms with van der Waals surface area (Å²) in [7, 11) is -2.34. The van der Waals surface area contributed by atoms with Gasteiger partial charge in [0.05, 0.1) is 19.9 Å². The molecule has 0 unspecified atom stereocenters. The van der Waals surface area contributed by atoms with Crippen molar-refractivity contribution in [3.05, 3.63) is 36.2 Å². The second kappa shape index (κ2) is 5.29. The van der Waals surface area contributed by atoms with Gasteiger partial charge in [-0.05, 0) is 12.1 Å². The second-order valence-corrected chi connectivity index (χ2v) is 5.45. The van der Waals surface area contributed by atoms with Crippen LogP contribution in [0.1, 0.15) is 5.76 Å². The first-order chi connectivity index (χ1) is 9.03. The van der Waals surface area contributed by atoms with Gasteiger partial charge in [0.2, 0.25) is 10.0 Å². The molecule has 0 atom stereocenters. The van der Waals surface area contributed by atoms with Gasteiger partial charge < -0.3 is 15.0 Å². The van der Waals surface area contributed by atoms with Crippen molar-refractivity contribution in [1.29, 1.82) is 0 Å². The predicted octanol–water partition coefficient (Wildman–Crippen LogP) is 0.744. The number of sulfonamides is 1. The Labute approximate surface area is 110 Å². The number of hydrogen-bond donors (Lipinski definition) is 2. The molecule has 0 saturated carbocycles.